The average molecular weight is 363 g/mol. The van der Waals surface area contributed by atoms with E-state index >= 15 is 0 Å². The van der Waals surface area contributed by atoms with Gasteiger partial charge in [-0.25, -0.2) is 4.98 Å². The molecule has 0 aromatic carbocycles. The molecule has 2 aromatic heterocycles. The first-order chi connectivity index (χ1) is 7.99. The molecule has 0 atom stereocenters. The van der Waals surface area contributed by atoms with Gasteiger partial charge in [0, 0.05) is 25.5 Å². The monoisotopic (exact) mass is 361 g/mol. The minimum atomic E-state index is -0.660. The van der Waals surface area contributed by atoms with Gasteiger partial charge in [0.05, 0.1) is 5.69 Å². The van der Waals surface area contributed by atoms with E-state index in [1.807, 2.05) is 6.92 Å². The summed E-state index contributed by atoms with van der Waals surface area (Å²) in [7, 11) is 0. The number of aromatic nitrogens is 4. The fraction of sp³-hybridized carbons (Fsp3) is 0.125. The van der Waals surface area contributed by atoms with Crippen LogP contribution in [0, 0.1) is 17.0 Å². The van der Waals surface area contributed by atoms with Crippen molar-refractivity contribution >= 4 is 37.8 Å². The molecule has 17 heavy (non-hydrogen) atoms. The first-order valence-corrected chi connectivity index (χ1v) is 5.98. The van der Waals surface area contributed by atoms with Crippen LogP contribution >= 0.6 is 31.9 Å². The van der Waals surface area contributed by atoms with Crippen molar-refractivity contribution in [3.05, 3.63) is 37.1 Å². The molecule has 0 N–H and O–H groups in total. The van der Waals surface area contributed by atoms with Crippen molar-refractivity contribution in [2.24, 2.45) is 0 Å². The Kier molecular flexibility index (Phi) is 3.20. The minimum Gasteiger partial charge on any atom is -0.390 e. The third kappa shape index (κ3) is 2.34. The second-order valence-corrected chi connectivity index (χ2v) is 4.65. The summed E-state index contributed by atoms with van der Waals surface area (Å²) in [5.74, 6) is -0.0163. The molecule has 0 aliphatic rings. The van der Waals surface area contributed by atoms with Crippen LogP contribution in [0.15, 0.2) is 21.3 Å². The van der Waals surface area contributed by atoms with Gasteiger partial charge in [0.1, 0.15) is 0 Å². The van der Waals surface area contributed by atoms with Crippen LogP contribution in [0.2, 0.25) is 0 Å². The van der Waals surface area contributed by atoms with E-state index in [1.165, 1.54) is 4.68 Å². The molecule has 7 nitrogen and oxygen atoms in total. The molecule has 0 radical (unpaired) electrons. The van der Waals surface area contributed by atoms with Crippen LogP contribution in [0.4, 0.5) is 5.95 Å². The van der Waals surface area contributed by atoms with E-state index < -0.39 is 10.9 Å². The largest absolute Gasteiger partial charge is 0.492 e. The van der Waals surface area contributed by atoms with Crippen LogP contribution in [0.3, 0.4) is 0 Å². The summed E-state index contributed by atoms with van der Waals surface area (Å²) in [6.07, 6.45) is 0. The summed E-state index contributed by atoms with van der Waals surface area (Å²) >= 11 is 6.42. The Morgan fingerprint density at radius 2 is 2.06 bits per heavy atom. The third-order valence-corrected chi connectivity index (χ3v) is 3.29. The molecule has 2 aromatic rings. The lowest BCUT2D eigenvalue weighted by Gasteiger charge is -2.00. The van der Waals surface area contributed by atoms with E-state index in [-0.39, 0.29) is 4.73 Å². The Bertz CT molecular complexity index is 598. The number of nitro groups is 1. The molecule has 0 bridgehead atoms. The fourth-order valence-corrected chi connectivity index (χ4v) is 1.80. The second kappa shape index (κ2) is 4.49. The van der Waals surface area contributed by atoms with E-state index in [9.17, 15) is 10.1 Å². The maximum atomic E-state index is 10.5. The highest BCUT2D eigenvalue weighted by Gasteiger charge is 2.21. The molecule has 0 unspecified atom stereocenters. The van der Waals surface area contributed by atoms with Gasteiger partial charge in [-0.2, -0.15) is 0 Å². The van der Waals surface area contributed by atoms with Gasteiger partial charge in [-0.3, -0.25) is 0 Å². The molecule has 88 valence electrons. The first-order valence-electron chi connectivity index (χ1n) is 4.39. The van der Waals surface area contributed by atoms with E-state index in [4.69, 9.17) is 0 Å². The molecule has 2 heterocycles. The first kappa shape index (κ1) is 12.1. The Morgan fingerprint density at radius 1 is 1.35 bits per heavy atom. The van der Waals surface area contributed by atoms with Crippen molar-refractivity contribution in [2.45, 2.75) is 6.92 Å². The number of hydrogen-bond acceptors (Lipinski definition) is 5. The van der Waals surface area contributed by atoms with Crippen molar-refractivity contribution < 1.29 is 4.92 Å². The third-order valence-electron chi connectivity index (χ3n) is 1.94. The zero-order valence-corrected chi connectivity index (χ0v) is 11.6. The van der Waals surface area contributed by atoms with Gasteiger partial charge in [-0.15, -0.1) is 4.68 Å². The molecule has 2 rings (SSSR count). The molecule has 0 aliphatic carbocycles. The summed E-state index contributed by atoms with van der Waals surface area (Å²) in [5, 5.41) is 14.3. The van der Waals surface area contributed by atoms with Crippen LogP contribution in [0.5, 0.6) is 0 Å². The number of rotatable bonds is 2. The highest BCUT2D eigenvalue weighted by molar-refractivity contribution is 9.10. The summed E-state index contributed by atoms with van der Waals surface area (Å²) in [6.45, 7) is 1.81. The molecular formula is C8H5Br2N5O2. The van der Waals surface area contributed by atoms with Crippen molar-refractivity contribution in [2.75, 3.05) is 0 Å². The normalized spacial score (nSPS) is 10.5. The van der Waals surface area contributed by atoms with Crippen molar-refractivity contribution in [3.8, 4) is 5.82 Å². The van der Waals surface area contributed by atoms with E-state index in [0.29, 0.717) is 5.82 Å². The van der Waals surface area contributed by atoms with Crippen LogP contribution in [-0.2, 0) is 0 Å². The maximum Gasteiger partial charge on any atom is 0.492 e. The number of halogens is 2. The Balaban J connectivity index is 2.52. The summed E-state index contributed by atoms with van der Waals surface area (Å²) in [5.41, 5.74) is 0.757. The molecule has 0 saturated heterocycles. The summed E-state index contributed by atoms with van der Waals surface area (Å²) < 4.78 is 2.35. The smallest absolute Gasteiger partial charge is 0.390 e. The lowest BCUT2D eigenvalue weighted by Crippen LogP contribution is -2.02. The van der Waals surface area contributed by atoms with Gasteiger partial charge in [-0.1, -0.05) is 0 Å². The molecule has 0 aliphatic heterocycles. The van der Waals surface area contributed by atoms with Crippen LogP contribution in [0.1, 0.15) is 5.69 Å². The second-order valence-electron chi connectivity index (χ2n) is 3.09. The fourth-order valence-electron chi connectivity index (χ4n) is 1.15. The number of nitrogens with zero attached hydrogens (tertiary/aromatic N) is 5. The standard InChI is InChI=1S/C8H5Br2N5O2/c1-4-5(9)2-3-6(11-4)14-7(10)12-8(13-14)15(16)17/h2-3H,1H3. The summed E-state index contributed by atoms with van der Waals surface area (Å²) in [4.78, 5) is 17.8. The SMILES string of the molecule is Cc1nc(-n2nc([N+](=O)[O-])nc2Br)ccc1Br. The van der Waals surface area contributed by atoms with Crippen molar-refractivity contribution in [1.82, 2.24) is 19.7 Å². The van der Waals surface area contributed by atoms with Crippen LogP contribution in [-0.4, -0.2) is 24.7 Å². The van der Waals surface area contributed by atoms with Gasteiger partial charge in [0.2, 0.25) is 0 Å². The van der Waals surface area contributed by atoms with Gasteiger partial charge < -0.3 is 10.1 Å². The number of pyridine rings is 1. The zero-order valence-electron chi connectivity index (χ0n) is 8.46. The lowest BCUT2D eigenvalue weighted by atomic mass is 10.4. The summed E-state index contributed by atoms with van der Waals surface area (Å²) in [6, 6.07) is 3.47. The molecule has 0 saturated carbocycles. The van der Waals surface area contributed by atoms with E-state index in [0.717, 1.165) is 10.2 Å². The Labute approximate surface area is 112 Å². The van der Waals surface area contributed by atoms with Crippen molar-refractivity contribution in [3.63, 3.8) is 0 Å². The van der Waals surface area contributed by atoms with Gasteiger partial charge >= 0.3 is 5.95 Å². The Morgan fingerprint density at radius 3 is 2.59 bits per heavy atom. The number of aryl methyl sites for hydroxylation is 1. The highest BCUT2D eigenvalue weighted by Crippen LogP contribution is 2.19. The predicted octanol–water partition coefficient (Wildman–Crippen LogP) is 2.40. The maximum absolute atomic E-state index is 10.5. The number of hydrogen-bond donors (Lipinski definition) is 0. The van der Waals surface area contributed by atoms with E-state index in [2.05, 4.69) is 46.9 Å². The molecule has 0 fully saturated rings. The van der Waals surface area contributed by atoms with Gasteiger partial charge in [0.15, 0.2) is 5.82 Å². The van der Waals surface area contributed by atoms with Gasteiger partial charge in [-0.05, 0) is 44.9 Å². The lowest BCUT2D eigenvalue weighted by molar-refractivity contribution is -0.394. The molecular weight excluding hydrogens is 358 g/mol. The van der Waals surface area contributed by atoms with E-state index in [1.54, 1.807) is 12.1 Å². The topological polar surface area (TPSA) is 86.7 Å². The molecule has 0 amide bonds. The van der Waals surface area contributed by atoms with Crippen LogP contribution in [0.25, 0.3) is 5.82 Å². The quantitative estimate of drug-likeness (QED) is 0.604. The molecule has 0 spiro atoms. The highest BCUT2D eigenvalue weighted by atomic mass is 79.9. The molecule has 9 heteroatoms. The van der Waals surface area contributed by atoms with Crippen LogP contribution < -0.4 is 0 Å². The Hall–Kier alpha value is -1.35. The van der Waals surface area contributed by atoms with Gasteiger partial charge in [0.25, 0.3) is 4.73 Å². The zero-order chi connectivity index (χ0) is 12.6. The predicted molar refractivity (Wildman–Crippen MR) is 65.9 cm³/mol. The minimum absolute atomic E-state index is 0.235. The van der Waals surface area contributed by atoms with Crippen molar-refractivity contribution in [1.29, 1.82) is 0 Å². The average Bonchev–Trinajstić information content (AvgIpc) is 2.65.